The van der Waals surface area contributed by atoms with Crippen LogP contribution in [0.15, 0.2) is 60.7 Å². The third-order valence-corrected chi connectivity index (χ3v) is 3.90. The zero-order valence-corrected chi connectivity index (χ0v) is 13.9. The lowest BCUT2D eigenvalue weighted by Crippen LogP contribution is -2.24. The Hall–Kier alpha value is -2.63. The molecule has 1 aromatic carbocycles. The topological polar surface area (TPSA) is 85.1 Å². The molecular formula is C17H13Cl2N3O2. The van der Waals surface area contributed by atoms with E-state index in [1.807, 2.05) is 0 Å². The summed E-state index contributed by atoms with van der Waals surface area (Å²) in [5.74, 6) is -0.549. The third kappa shape index (κ3) is 4.22. The van der Waals surface area contributed by atoms with E-state index in [0.29, 0.717) is 11.9 Å². The van der Waals surface area contributed by atoms with Crippen LogP contribution in [0.3, 0.4) is 0 Å². The van der Waals surface area contributed by atoms with E-state index < -0.39 is 5.91 Å². The molecule has 0 fully saturated rings. The Morgan fingerprint density at radius 2 is 1.88 bits per heavy atom. The summed E-state index contributed by atoms with van der Waals surface area (Å²) in [7, 11) is 0. The first-order valence-corrected chi connectivity index (χ1v) is 7.57. The standard InChI is InChI=1S/C17H13Cl2N3O2/c18-15-3-1-2-14(16(15)19)17(24)22-13(10-23)8-12(9-20)11-4-6-21-7-5-11/h1-10H,20H2,(H,22,24)/b12-9+,13-8+. The van der Waals surface area contributed by atoms with Crippen molar-refractivity contribution in [2.75, 3.05) is 0 Å². The minimum Gasteiger partial charge on any atom is -0.404 e. The lowest BCUT2D eigenvalue weighted by molar-refractivity contribution is -0.105. The number of carbonyl (C=O) groups is 2. The molecule has 2 aromatic rings. The van der Waals surface area contributed by atoms with Gasteiger partial charge in [-0.25, -0.2) is 0 Å². The molecular weight excluding hydrogens is 349 g/mol. The van der Waals surface area contributed by atoms with Crippen molar-refractivity contribution in [1.82, 2.24) is 10.3 Å². The third-order valence-electron chi connectivity index (χ3n) is 3.09. The van der Waals surface area contributed by atoms with Crippen molar-refractivity contribution in [3.05, 3.63) is 81.9 Å². The molecule has 1 aromatic heterocycles. The molecule has 24 heavy (non-hydrogen) atoms. The van der Waals surface area contributed by atoms with Gasteiger partial charge in [0.15, 0.2) is 6.29 Å². The number of rotatable bonds is 5. The number of carbonyl (C=O) groups excluding carboxylic acids is 2. The number of pyridine rings is 1. The highest BCUT2D eigenvalue weighted by molar-refractivity contribution is 6.43. The summed E-state index contributed by atoms with van der Waals surface area (Å²) < 4.78 is 0. The number of aromatic nitrogens is 1. The molecule has 0 spiro atoms. The number of hydrogen-bond acceptors (Lipinski definition) is 4. The van der Waals surface area contributed by atoms with Crippen molar-refractivity contribution >= 4 is 41.0 Å². The zero-order chi connectivity index (χ0) is 17.5. The van der Waals surface area contributed by atoms with Gasteiger partial charge in [-0.15, -0.1) is 0 Å². The van der Waals surface area contributed by atoms with Gasteiger partial charge in [-0.3, -0.25) is 14.6 Å². The molecule has 1 heterocycles. The average Bonchev–Trinajstić information content (AvgIpc) is 2.61. The molecule has 7 heteroatoms. The molecule has 0 aliphatic heterocycles. The summed E-state index contributed by atoms with van der Waals surface area (Å²) in [6.45, 7) is 0. The van der Waals surface area contributed by atoms with Crippen LogP contribution in [-0.4, -0.2) is 17.2 Å². The van der Waals surface area contributed by atoms with Gasteiger partial charge in [0.05, 0.1) is 21.3 Å². The van der Waals surface area contributed by atoms with Crippen LogP contribution in [0.25, 0.3) is 5.57 Å². The van der Waals surface area contributed by atoms with Crippen LogP contribution >= 0.6 is 23.2 Å². The maximum absolute atomic E-state index is 12.3. The molecule has 0 atom stereocenters. The van der Waals surface area contributed by atoms with E-state index in [-0.39, 0.29) is 21.3 Å². The number of nitrogens with two attached hydrogens (primary N) is 1. The van der Waals surface area contributed by atoms with Gasteiger partial charge in [0.2, 0.25) is 0 Å². The molecule has 0 unspecified atom stereocenters. The summed E-state index contributed by atoms with van der Waals surface area (Å²) in [4.78, 5) is 27.5. The first-order valence-electron chi connectivity index (χ1n) is 6.81. The Balaban J connectivity index is 2.27. The van der Waals surface area contributed by atoms with Crippen LogP contribution in [-0.2, 0) is 4.79 Å². The van der Waals surface area contributed by atoms with Gasteiger partial charge in [-0.05, 0) is 41.5 Å². The van der Waals surface area contributed by atoms with Crippen LogP contribution in [0.5, 0.6) is 0 Å². The first-order chi connectivity index (χ1) is 11.6. The van der Waals surface area contributed by atoms with Gasteiger partial charge in [0.1, 0.15) is 0 Å². The highest BCUT2D eigenvalue weighted by Gasteiger charge is 2.14. The molecule has 0 radical (unpaired) electrons. The summed E-state index contributed by atoms with van der Waals surface area (Å²) in [5.41, 5.74) is 7.10. The Morgan fingerprint density at radius 1 is 1.17 bits per heavy atom. The summed E-state index contributed by atoms with van der Waals surface area (Å²) in [6, 6.07) is 8.13. The Labute approximate surface area is 148 Å². The molecule has 0 aliphatic carbocycles. The minimum absolute atomic E-state index is 0.0320. The molecule has 0 aliphatic rings. The van der Waals surface area contributed by atoms with Crippen LogP contribution in [0.2, 0.25) is 10.0 Å². The number of nitrogens with one attached hydrogen (secondary N) is 1. The van der Waals surface area contributed by atoms with Crippen molar-refractivity contribution < 1.29 is 9.59 Å². The highest BCUT2D eigenvalue weighted by Crippen LogP contribution is 2.25. The summed E-state index contributed by atoms with van der Waals surface area (Å²) in [6.07, 6.45) is 6.49. The Morgan fingerprint density at radius 3 is 2.50 bits per heavy atom. The molecule has 0 saturated heterocycles. The quantitative estimate of drug-likeness (QED) is 0.486. The van der Waals surface area contributed by atoms with Gasteiger partial charge in [0, 0.05) is 18.6 Å². The van der Waals surface area contributed by atoms with E-state index in [1.165, 1.54) is 18.3 Å². The first kappa shape index (κ1) is 17.7. The van der Waals surface area contributed by atoms with E-state index in [2.05, 4.69) is 10.3 Å². The number of nitrogens with zero attached hydrogens (tertiary/aromatic N) is 1. The van der Waals surface area contributed by atoms with Gasteiger partial charge in [-0.1, -0.05) is 29.3 Å². The monoisotopic (exact) mass is 361 g/mol. The van der Waals surface area contributed by atoms with Gasteiger partial charge in [-0.2, -0.15) is 0 Å². The van der Waals surface area contributed by atoms with Crippen molar-refractivity contribution in [2.24, 2.45) is 5.73 Å². The smallest absolute Gasteiger partial charge is 0.257 e. The lowest BCUT2D eigenvalue weighted by Gasteiger charge is -2.08. The second-order valence-electron chi connectivity index (χ2n) is 4.63. The molecule has 0 saturated carbocycles. The average molecular weight is 362 g/mol. The molecule has 122 valence electrons. The van der Waals surface area contributed by atoms with Crippen LogP contribution in [0.4, 0.5) is 0 Å². The van der Waals surface area contributed by atoms with Crippen LogP contribution < -0.4 is 11.1 Å². The van der Waals surface area contributed by atoms with Crippen molar-refractivity contribution in [2.45, 2.75) is 0 Å². The highest BCUT2D eigenvalue weighted by atomic mass is 35.5. The normalized spacial score (nSPS) is 11.9. The van der Waals surface area contributed by atoms with Crippen LogP contribution in [0.1, 0.15) is 15.9 Å². The van der Waals surface area contributed by atoms with Crippen molar-refractivity contribution in [3.8, 4) is 0 Å². The number of hydrogen-bond donors (Lipinski definition) is 2. The maximum atomic E-state index is 12.3. The van der Waals surface area contributed by atoms with Crippen molar-refractivity contribution in [1.29, 1.82) is 0 Å². The molecule has 3 N–H and O–H groups in total. The number of allylic oxidation sites excluding steroid dienone is 3. The number of aldehydes is 1. The number of halogens is 2. The largest absolute Gasteiger partial charge is 0.404 e. The molecule has 1 amide bonds. The summed E-state index contributed by atoms with van der Waals surface area (Å²) >= 11 is 11.9. The molecule has 0 bridgehead atoms. The number of benzene rings is 1. The zero-order valence-electron chi connectivity index (χ0n) is 12.4. The van der Waals surface area contributed by atoms with E-state index in [9.17, 15) is 9.59 Å². The Bertz CT molecular complexity index is 818. The molecule has 2 rings (SSSR count). The van der Waals surface area contributed by atoms with Gasteiger partial charge >= 0.3 is 0 Å². The SMILES string of the molecule is N/C=C(\C=C(/C=O)NC(=O)c1cccc(Cl)c1Cl)c1ccncc1. The van der Waals surface area contributed by atoms with E-state index in [1.54, 1.807) is 36.7 Å². The second-order valence-corrected chi connectivity index (χ2v) is 5.42. The summed E-state index contributed by atoms with van der Waals surface area (Å²) in [5, 5.41) is 2.85. The van der Waals surface area contributed by atoms with E-state index in [4.69, 9.17) is 28.9 Å². The fraction of sp³-hybridized carbons (Fsp3) is 0. The Kier molecular flexibility index (Phi) is 6.12. The van der Waals surface area contributed by atoms with Gasteiger partial charge < -0.3 is 11.1 Å². The van der Waals surface area contributed by atoms with Crippen molar-refractivity contribution in [3.63, 3.8) is 0 Å². The maximum Gasteiger partial charge on any atom is 0.257 e. The fourth-order valence-electron chi connectivity index (χ4n) is 1.92. The van der Waals surface area contributed by atoms with Gasteiger partial charge in [0.25, 0.3) is 5.91 Å². The van der Waals surface area contributed by atoms with Crippen LogP contribution in [0, 0.1) is 0 Å². The van der Waals surface area contributed by atoms with E-state index >= 15 is 0 Å². The second kappa shape index (κ2) is 8.29. The fourth-order valence-corrected chi connectivity index (χ4v) is 2.30. The predicted molar refractivity (Wildman–Crippen MR) is 94.5 cm³/mol. The predicted octanol–water partition coefficient (Wildman–Crippen LogP) is 3.20. The number of amides is 1. The molecule has 5 nitrogen and oxygen atoms in total. The van der Waals surface area contributed by atoms with E-state index in [0.717, 1.165) is 5.56 Å². The lowest BCUT2D eigenvalue weighted by atomic mass is 10.1. The minimum atomic E-state index is -0.549.